The average Bonchev–Trinajstić information content (AvgIpc) is 2.46. The van der Waals surface area contributed by atoms with Gasteiger partial charge in [0.05, 0.1) is 5.02 Å². The van der Waals surface area contributed by atoms with Crippen LogP contribution in [0.3, 0.4) is 0 Å². The normalized spacial score (nSPS) is 10.8. The first-order chi connectivity index (χ1) is 9.60. The summed E-state index contributed by atoms with van der Waals surface area (Å²) in [5.41, 5.74) is 9.04. The molecular formula is C17H20ClNO. The fourth-order valence-electron chi connectivity index (χ4n) is 1.95. The number of ether oxygens (including phenoxy) is 1. The summed E-state index contributed by atoms with van der Waals surface area (Å²) in [4.78, 5) is 0. The molecular weight excluding hydrogens is 270 g/mol. The molecule has 0 saturated heterocycles. The van der Waals surface area contributed by atoms with E-state index in [1.165, 1.54) is 5.56 Å². The maximum absolute atomic E-state index is 6.16. The molecule has 0 atom stereocenters. The lowest BCUT2D eigenvalue weighted by Crippen LogP contribution is -1.99. The van der Waals surface area contributed by atoms with E-state index in [4.69, 9.17) is 22.1 Å². The van der Waals surface area contributed by atoms with Crippen molar-refractivity contribution < 1.29 is 4.74 Å². The van der Waals surface area contributed by atoms with Gasteiger partial charge >= 0.3 is 0 Å². The van der Waals surface area contributed by atoms with Crippen molar-refractivity contribution >= 4 is 11.6 Å². The quantitative estimate of drug-likeness (QED) is 0.879. The molecule has 20 heavy (non-hydrogen) atoms. The van der Waals surface area contributed by atoms with Crippen molar-refractivity contribution in [3.63, 3.8) is 0 Å². The Morgan fingerprint density at radius 3 is 2.25 bits per heavy atom. The molecule has 0 radical (unpaired) electrons. The van der Waals surface area contributed by atoms with E-state index >= 15 is 0 Å². The van der Waals surface area contributed by atoms with E-state index in [-0.39, 0.29) is 0 Å². The standard InChI is InChI=1S/C17H20ClNO/c1-12(2)15-6-3-13(4-7-15)11-20-17-8-5-14(10-19)9-16(17)18/h3-9,12H,10-11,19H2,1-2H3. The van der Waals surface area contributed by atoms with Gasteiger partial charge in [-0.15, -0.1) is 0 Å². The Morgan fingerprint density at radius 1 is 1.05 bits per heavy atom. The van der Waals surface area contributed by atoms with Crippen molar-refractivity contribution in [1.82, 2.24) is 0 Å². The van der Waals surface area contributed by atoms with Gasteiger partial charge in [-0.2, -0.15) is 0 Å². The summed E-state index contributed by atoms with van der Waals surface area (Å²) in [6.45, 7) is 5.37. The molecule has 2 nitrogen and oxygen atoms in total. The molecule has 0 spiro atoms. The molecule has 0 aliphatic heterocycles. The van der Waals surface area contributed by atoms with Gasteiger partial charge in [0.15, 0.2) is 0 Å². The van der Waals surface area contributed by atoms with E-state index in [1.54, 1.807) is 0 Å². The van der Waals surface area contributed by atoms with E-state index in [2.05, 4.69) is 38.1 Å². The molecule has 0 heterocycles. The number of hydrogen-bond donors (Lipinski definition) is 1. The van der Waals surface area contributed by atoms with Crippen LogP contribution >= 0.6 is 11.6 Å². The Hall–Kier alpha value is -1.51. The Bertz CT molecular complexity index is 564. The molecule has 2 aromatic rings. The smallest absolute Gasteiger partial charge is 0.138 e. The number of benzene rings is 2. The van der Waals surface area contributed by atoms with Gasteiger partial charge in [-0.05, 0) is 34.7 Å². The zero-order valence-corrected chi connectivity index (χ0v) is 12.7. The lowest BCUT2D eigenvalue weighted by molar-refractivity contribution is 0.306. The minimum atomic E-state index is 0.483. The molecule has 0 fully saturated rings. The monoisotopic (exact) mass is 289 g/mol. The molecule has 2 rings (SSSR count). The van der Waals surface area contributed by atoms with E-state index < -0.39 is 0 Å². The third-order valence-electron chi connectivity index (χ3n) is 3.27. The Balaban J connectivity index is 2.01. The van der Waals surface area contributed by atoms with Crippen molar-refractivity contribution in [2.45, 2.75) is 32.9 Å². The third-order valence-corrected chi connectivity index (χ3v) is 3.57. The highest BCUT2D eigenvalue weighted by atomic mass is 35.5. The molecule has 0 amide bonds. The van der Waals surface area contributed by atoms with Gasteiger partial charge in [0.25, 0.3) is 0 Å². The minimum Gasteiger partial charge on any atom is -0.487 e. The predicted molar refractivity (Wildman–Crippen MR) is 84.2 cm³/mol. The summed E-state index contributed by atoms with van der Waals surface area (Å²) in [7, 11) is 0. The number of hydrogen-bond acceptors (Lipinski definition) is 2. The first-order valence-electron chi connectivity index (χ1n) is 6.80. The van der Waals surface area contributed by atoms with Gasteiger partial charge in [0, 0.05) is 6.54 Å². The fraction of sp³-hybridized carbons (Fsp3) is 0.294. The number of halogens is 1. The lowest BCUT2D eigenvalue weighted by Gasteiger charge is -2.10. The molecule has 2 N–H and O–H groups in total. The van der Waals surface area contributed by atoms with Crippen LogP contribution in [-0.2, 0) is 13.2 Å². The molecule has 2 aromatic carbocycles. The Labute approximate surface area is 125 Å². The first kappa shape index (κ1) is 14.9. The lowest BCUT2D eigenvalue weighted by atomic mass is 10.0. The van der Waals surface area contributed by atoms with E-state index in [1.807, 2.05) is 18.2 Å². The van der Waals surface area contributed by atoms with Crippen molar-refractivity contribution in [3.8, 4) is 5.75 Å². The topological polar surface area (TPSA) is 35.2 Å². The zero-order valence-electron chi connectivity index (χ0n) is 11.9. The summed E-state index contributed by atoms with van der Waals surface area (Å²) in [5.74, 6) is 1.24. The molecule has 0 aliphatic carbocycles. The number of nitrogens with two attached hydrogens (primary N) is 1. The van der Waals surface area contributed by atoms with E-state index in [0.29, 0.717) is 29.8 Å². The summed E-state index contributed by atoms with van der Waals surface area (Å²) in [6, 6.07) is 14.1. The molecule has 0 unspecified atom stereocenters. The Kier molecular flexibility index (Phi) is 5.05. The van der Waals surface area contributed by atoms with Crippen LogP contribution < -0.4 is 10.5 Å². The van der Waals surface area contributed by atoms with Gasteiger partial charge < -0.3 is 10.5 Å². The highest BCUT2D eigenvalue weighted by Gasteiger charge is 2.04. The third kappa shape index (κ3) is 3.75. The van der Waals surface area contributed by atoms with Crippen LogP contribution in [0.15, 0.2) is 42.5 Å². The van der Waals surface area contributed by atoms with Gasteiger partial charge in [-0.1, -0.05) is 55.8 Å². The van der Waals surface area contributed by atoms with Crippen molar-refractivity contribution in [2.24, 2.45) is 5.73 Å². The van der Waals surface area contributed by atoms with Gasteiger partial charge in [-0.25, -0.2) is 0 Å². The summed E-state index contributed by atoms with van der Waals surface area (Å²) < 4.78 is 5.75. The van der Waals surface area contributed by atoms with Crippen LogP contribution in [0.5, 0.6) is 5.75 Å². The average molecular weight is 290 g/mol. The SMILES string of the molecule is CC(C)c1ccc(COc2ccc(CN)cc2Cl)cc1. The van der Waals surface area contributed by atoms with Crippen LogP contribution in [0.1, 0.15) is 36.5 Å². The minimum absolute atomic E-state index is 0.483. The van der Waals surface area contributed by atoms with Crippen LogP contribution in [0.4, 0.5) is 0 Å². The van der Waals surface area contributed by atoms with Gasteiger partial charge in [-0.3, -0.25) is 0 Å². The van der Waals surface area contributed by atoms with Crippen LogP contribution in [0.2, 0.25) is 5.02 Å². The Morgan fingerprint density at radius 2 is 1.70 bits per heavy atom. The molecule has 0 aliphatic rings. The van der Waals surface area contributed by atoms with Crippen molar-refractivity contribution in [2.75, 3.05) is 0 Å². The summed E-state index contributed by atoms with van der Waals surface area (Å²) in [6.07, 6.45) is 0. The maximum atomic E-state index is 6.16. The summed E-state index contributed by atoms with van der Waals surface area (Å²) >= 11 is 6.16. The summed E-state index contributed by atoms with van der Waals surface area (Å²) in [5, 5.41) is 0.603. The second kappa shape index (κ2) is 6.78. The molecule has 3 heteroatoms. The molecule has 0 saturated carbocycles. The van der Waals surface area contributed by atoms with Crippen LogP contribution in [0, 0.1) is 0 Å². The first-order valence-corrected chi connectivity index (χ1v) is 7.18. The fourth-order valence-corrected chi connectivity index (χ4v) is 2.21. The van der Waals surface area contributed by atoms with Crippen LogP contribution in [0.25, 0.3) is 0 Å². The highest BCUT2D eigenvalue weighted by molar-refractivity contribution is 6.32. The zero-order chi connectivity index (χ0) is 14.5. The molecule has 0 bridgehead atoms. The largest absolute Gasteiger partial charge is 0.487 e. The molecule has 0 aromatic heterocycles. The number of rotatable bonds is 5. The van der Waals surface area contributed by atoms with E-state index in [0.717, 1.165) is 11.1 Å². The van der Waals surface area contributed by atoms with Gasteiger partial charge in [0.1, 0.15) is 12.4 Å². The molecule has 106 valence electrons. The van der Waals surface area contributed by atoms with Crippen molar-refractivity contribution in [1.29, 1.82) is 0 Å². The maximum Gasteiger partial charge on any atom is 0.138 e. The highest BCUT2D eigenvalue weighted by Crippen LogP contribution is 2.26. The van der Waals surface area contributed by atoms with Gasteiger partial charge in [0.2, 0.25) is 0 Å². The van der Waals surface area contributed by atoms with E-state index in [9.17, 15) is 0 Å². The predicted octanol–water partition coefficient (Wildman–Crippen LogP) is 4.50. The second-order valence-electron chi connectivity index (χ2n) is 5.15. The van der Waals surface area contributed by atoms with Crippen molar-refractivity contribution in [3.05, 3.63) is 64.2 Å². The van der Waals surface area contributed by atoms with Crippen LogP contribution in [-0.4, -0.2) is 0 Å². The second-order valence-corrected chi connectivity index (χ2v) is 5.56.